The van der Waals surface area contributed by atoms with E-state index in [9.17, 15) is 13.2 Å². The predicted octanol–water partition coefficient (Wildman–Crippen LogP) is 3.96. The van der Waals surface area contributed by atoms with Crippen LogP contribution < -0.4 is 5.73 Å². The Morgan fingerprint density at radius 3 is 2.52 bits per heavy atom. The smallest absolute Gasteiger partial charge is 0.416 e. The molecule has 2 rings (SSSR count). The number of hydrogen-bond acceptors (Lipinski definition) is 4. The van der Waals surface area contributed by atoms with Gasteiger partial charge in [-0.25, -0.2) is 4.98 Å². The van der Waals surface area contributed by atoms with Crippen LogP contribution in [0.25, 0.3) is 0 Å². The molecule has 2 N–H and O–H groups in total. The average Bonchev–Trinajstić information content (AvgIpc) is 2.69. The minimum Gasteiger partial charge on any atom is -0.436 e. The highest BCUT2D eigenvalue weighted by molar-refractivity contribution is 7.99. The molecule has 0 spiro atoms. The summed E-state index contributed by atoms with van der Waals surface area (Å²) in [6.45, 7) is 3.72. The first-order valence-electron chi connectivity index (χ1n) is 6.33. The van der Waals surface area contributed by atoms with E-state index in [1.54, 1.807) is 19.9 Å². The van der Waals surface area contributed by atoms with E-state index >= 15 is 0 Å². The van der Waals surface area contributed by atoms with Crippen LogP contribution in [0.5, 0.6) is 0 Å². The summed E-state index contributed by atoms with van der Waals surface area (Å²) in [5.74, 6) is 0.660. The highest BCUT2D eigenvalue weighted by atomic mass is 32.2. The molecular weight excluding hydrogens is 301 g/mol. The van der Waals surface area contributed by atoms with Crippen molar-refractivity contribution in [1.29, 1.82) is 0 Å². The fourth-order valence-corrected chi connectivity index (χ4v) is 2.71. The van der Waals surface area contributed by atoms with Gasteiger partial charge in [-0.1, -0.05) is 6.07 Å². The second-order valence-corrected chi connectivity index (χ2v) is 5.60. The fourth-order valence-electron chi connectivity index (χ4n) is 1.84. The third-order valence-electron chi connectivity index (χ3n) is 3.01. The van der Waals surface area contributed by atoms with E-state index in [0.717, 1.165) is 23.5 Å². The molecule has 3 nitrogen and oxygen atoms in total. The minimum absolute atomic E-state index is 0.174. The zero-order valence-electron chi connectivity index (χ0n) is 11.6. The molecule has 0 saturated heterocycles. The molecule has 0 aliphatic carbocycles. The van der Waals surface area contributed by atoms with Crippen LogP contribution in [0.1, 0.15) is 22.6 Å². The Morgan fingerprint density at radius 1 is 1.29 bits per heavy atom. The summed E-state index contributed by atoms with van der Waals surface area (Å²) in [7, 11) is 0. The number of alkyl halides is 3. The van der Waals surface area contributed by atoms with Gasteiger partial charge in [-0.3, -0.25) is 0 Å². The summed E-state index contributed by atoms with van der Waals surface area (Å²) in [6, 6.07) is 4.20. The highest BCUT2D eigenvalue weighted by Gasteiger charge is 2.33. The Kier molecular flexibility index (Phi) is 4.63. The van der Waals surface area contributed by atoms with Gasteiger partial charge in [-0.05, 0) is 56.3 Å². The van der Waals surface area contributed by atoms with Crippen molar-refractivity contribution in [3.63, 3.8) is 0 Å². The summed E-state index contributed by atoms with van der Waals surface area (Å²) >= 11 is 1.07. The van der Waals surface area contributed by atoms with Crippen LogP contribution in [0.2, 0.25) is 0 Å². The molecule has 0 amide bonds. The van der Waals surface area contributed by atoms with Crippen molar-refractivity contribution in [2.75, 3.05) is 6.54 Å². The van der Waals surface area contributed by atoms with E-state index in [2.05, 4.69) is 4.98 Å². The molecule has 114 valence electrons. The summed E-state index contributed by atoms with van der Waals surface area (Å²) in [5, 5.41) is 0.338. The van der Waals surface area contributed by atoms with Crippen molar-refractivity contribution in [3.8, 4) is 0 Å². The summed E-state index contributed by atoms with van der Waals surface area (Å²) in [5.41, 5.74) is 5.63. The van der Waals surface area contributed by atoms with Crippen LogP contribution in [-0.4, -0.2) is 11.5 Å². The first-order valence-corrected chi connectivity index (χ1v) is 7.15. The molecule has 0 saturated carbocycles. The van der Waals surface area contributed by atoms with Crippen molar-refractivity contribution in [2.24, 2.45) is 5.73 Å². The SMILES string of the molecule is Cc1nc(Sc2ccc(CCN)c(C(F)(F)F)c2)oc1C. The number of aryl methyl sites for hydroxylation is 2. The van der Waals surface area contributed by atoms with Gasteiger partial charge in [0.05, 0.1) is 11.3 Å². The van der Waals surface area contributed by atoms with Gasteiger partial charge in [0.15, 0.2) is 0 Å². The Balaban J connectivity index is 2.33. The lowest BCUT2D eigenvalue weighted by molar-refractivity contribution is -0.138. The van der Waals surface area contributed by atoms with Crippen LogP contribution in [-0.2, 0) is 12.6 Å². The number of aromatic nitrogens is 1. The minimum atomic E-state index is -4.40. The number of rotatable bonds is 4. The Hall–Kier alpha value is -1.47. The van der Waals surface area contributed by atoms with Crippen LogP contribution in [0.3, 0.4) is 0 Å². The quantitative estimate of drug-likeness (QED) is 0.927. The number of halogens is 3. The van der Waals surface area contributed by atoms with E-state index in [0.29, 0.717) is 15.9 Å². The second kappa shape index (κ2) is 6.11. The Labute approximate surface area is 124 Å². The molecule has 7 heteroatoms. The second-order valence-electron chi connectivity index (χ2n) is 4.58. The van der Waals surface area contributed by atoms with E-state index in [1.807, 2.05) is 0 Å². The maximum atomic E-state index is 13.1. The molecule has 21 heavy (non-hydrogen) atoms. The molecule has 1 aromatic heterocycles. The zero-order chi connectivity index (χ0) is 15.6. The fraction of sp³-hybridized carbons (Fsp3) is 0.357. The first-order chi connectivity index (χ1) is 9.81. The van der Waals surface area contributed by atoms with Gasteiger partial charge >= 0.3 is 6.18 Å². The normalized spacial score (nSPS) is 11.9. The summed E-state index contributed by atoms with van der Waals surface area (Å²) in [6.07, 6.45) is -4.21. The average molecular weight is 316 g/mol. The molecule has 0 atom stereocenters. The van der Waals surface area contributed by atoms with Crippen LogP contribution in [0.15, 0.2) is 32.7 Å². The maximum absolute atomic E-state index is 13.1. The monoisotopic (exact) mass is 316 g/mol. The molecular formula is C14H15F3N2OS. The van der Waals surface area contributed by atoms with E-state index in [4.69, 9.17) is 10.2 Å². The van der Waals surface area contributed by atoms with E-state index in [1.165, 1.54) is 6.07 Å². The summed E-state index contributed by atoms with van der Waals surface area (Å²) in [4.78, 5) is 4.59. The van der Waals surface area contributed by atoms with Gasteiger partial charge in [0.2, 0.25) is 0 Å². The van der Waals surface area contributed by atoms with E-state index in [-0.39, 0.29) is 18.5 Å². The Morgan fingerprint density at radius 2 is 2.00 bits per heavy atom. The Bertz CT molecular complexity index is 618. The van der Waals surface area contributed by atoms with Gasteiger partial charge in [-0.2, -0.15) is 13.2 Å². The largest absolute Gasteiger partial charge is 0.436 e. The molecule has 0 bridgehead atoms. The number of hydrogen-bond donors (Lipinski definition) is 1. The van der Waals surface area contributed by atoms with Gasteiger partial charge in [-0.15, -0.1) is 0 Å². The third-order valence-corrected chi connectivity index (χ3v) is 3.85. The van der Waals surface area contributed by atoms with Crippen molar-refractivity contribution >= 4 is 11.8 Å². The molecule has 0 unspecified atom stereocenters. The lowest BCUT2D eigenvalue weighted by atomic mass is 10.0. The molecule has 0 radical (unpaired) electrons. The number of oxazole rings is 1. The van der Waals surface area contributed by atoms with Gasteiger partial charge in [0.1, 0.15) is 5.76 Å². The molecule has 1 heterocycles. The predicted molar refractivity (Wildman–Crippen MR) is 74.3 cm³/mol. The number of nitrogens with zero attached hydrogens (tertiary/aromatic N) is 1. The van der Waals surface area contributed by atoms with Gasteiger partial charge < -0.3 is 10.2 Å². The molecule has 1 aromatic carbocycles. The lowest BCUT2D eigenvalue weighted by Gasteiger charge is -2.13. The number of benzene rings is 1. The molecule has 0 aliphatic heterocycles. The first kappa shape index (κ1) is 15.9. The third kappa shape index (κ3) is 3.79. The standard InChI is InChI=1S/C14H15F3N2OS/c1-8-9(2)20-13(19-8)21-11-4-3-10(5-6-18)12(7-11)14(15,16)17/h3-4,7H,5-6,18H2,1-2H3. The zero-order valence-corrected chi connectivity index (χ0v) is 12.4. The topological polar surface area (TPSA) is 52.0 Å². The molecule has 2 aromatic rings. The van der Waals surface area contributed by atoms with Crippen LogP contribution in [0.4, 0.5) is 13.2 Å². The van der Waals surface area contributed by atoms with Crippen molar-refractivity contribution in [2.45, 2.75) is 36.6 Å². The van der Waals surface area contributed by atoms with Crippen molar-refractivity contribution in [3.05, 3.63) is 40.8 Å². The lowest BCUT2D eigenvalue weighted by Crippen LogP contribution is -2.12. The molecule has 0 aliphatic rings. The van der Waals surface area contributed by atoms with Crippen molar-refractivity contribution < 1.29 is 17.6 Å². The summed E-state index contributed by atoms with van der Waals surface area (Å²) < 4.78 is 44.6. The maximum Gasteiger partial charge on any atom is 0.416 e. The highest BCUT2D eigenvalue weighted by Crippen LogP contribution is 2.36. The van der Waals surface area contributed by atoms with Crippen LogP contribution >= 0.6 is 11.8 Å². The number of nitrogens with two attached hydrogens (primary N) is 1. The van der Waals surface area contributed by atoms with E-state index < -0.39 is 11.7 Å². The van der Waals surface area contributed by atoms with Crippen LogP contribution in [0, 0.1) is 13.8 Å². The van der Waals surface area contributed by atoms with Gasteiger partial charge in [0.25, 0.3) is 5.22 Å². The molecule has 0 fully saturated rings. The van der Waals surface area contributed by atoms with Crippen molar-refractivity contribution in [1.82, 2.24) is 4.98 Å². The van der Waals surface area contributed by atoms with Gasteiger partial charge in [0, 0.05) is 4.90 Å².